The number of aromatic nitrogens is 3. The second kappa shape index (κ2) is 8.26. The lowest BCUT2D eigenvalue weighted by Gasteiger charge is -2.19. The Bertz CT molecular complexity index is 434. The van der Waals surface area contributed by atoms with Gasteiger partial charge in [-0.05, 0) is 20.3 Å². The van der Waals surface area contributed by atoms with Crippen molar-refractivity contribution < 1.29 is 9.53 Å². The Hall–Kier alpha value is -1.08. The minimum absolute atomic E-state index is 0.184. The Morgan fingerprint density at radius 1 is 1.45 bits per heavy atom. The largest absolute Gasteiger partial charge is 0.465 e. The predicted molar refractivity (Wildman–Crippen MR) is 79.8 cm³/mol. The molecule has 114 valence electrons. The Morgan fingerprint density at radius 3 is 2.65 bits per heavy atom. The van der Waals surface area contributed by atoms with E-state index in [2.05, 4.69) is 15.5 Å². The van der Waals surface area contributed by atoms with Gasteiger partial charge in [0.25, 0.3) is 0 Å². The van der Waals surface area contributed by atoms with Crippen LogP contribution in [0.2, 0.25) is 0 Å². The second-order valence-electron chi connectivity index (χ2n) is 4.85. The molecule has 0 saturated heterocycles. The lowest BCUT2D eigenvalue weighted by Crippen LogP contribution is -2.42. The van der Waals surface area contributed by atoms with Crippen molar-refractivity contribution in [2.45, 2.75) is 51.4 Å². The number of esters is 1. The first kappa shape index (κ1) is 17.0. The summed E-state index contributed by atoms with van der Waals surface area (Å²) in [7, 11) is 1.94. The van der Waals surface area contributed by atoms with Crippen LogP contribution in [0.3, 0.4) is 0 Å². The van der Waals surface area contributed by atoms with E-state index in [1.54, 1.807) is 11.8 Å². The van der Waals surface area contributed by atoms with Crippen LogP contribution in [-0.4, -0.2) is 45.2 Å². The second-order valence-corrected chi connectivity index (χ2v) is 5.91. The van der Waals surface area contributed by atoms with Crippen LogP contribution in [0.4, 0.5) is 0 Å². The van der Waals surface area contributed by atoms with Gasteiger partial charge in [-0.2, -0.15) is 0 Å². The predicted octanol–water partition coefficient (Wildman–Crippen LogP) is 1.54. The fourth-order valence-corrected chi connectivity index (χ4v) is 2.66. The maximum atomic E-state index is 11.9. The molecule has 0 aliphatic carbocycles. The number of carbonyl (C=O) groups is 1. The van der Waals surface area contributed by atoms with E-state index in [4.69, 9.17) is 4.74 Å². The zero-order chi connectivity index (χ0) is 15.1. The average molecular weight is 300 g/mol. The summed E-state index contributed by atoms with van der Waals surface area (Å²) in [5.74, 6) is 1.49. The van der Waals surface area contributed by atoms with E-state index in [0.717, 1.165) is 16.7 Å². The Morgan fingerprint density at radius 2 is 2.15 bits per heavy atom. The summed E-state index contributed by atoms with van der Waals surface area (Å²) >= 11 is 1.60. The van der Waals surface area contributed by atoms with Crippen LogP contribution >= 0.6 is 11.8 Å². The molecule has 1 unspecified atom stereocenters. The number of aryl methyl sites for hydroxylation is 1. The number of hydrogen-bond donors (Lipinski definition) is 1. The zero-order valence-corrected chi connectivity index (χ0v) is 13.7. The van der Waals surface area contributed by atoms with E-state index in [1.807, 2.05) is 39.3 Å². The SMILES string of the molecule is CCOC(=O)C(CCSc1nnc(C)n1C)NC(C)C. The summed E-state index contributed by atoms with van der Waals surface area (Å²) in [5.41, 5.74) is 0. The third kappa shape index (κ3) is 5.13. The van der Waals surface area contributed by atoms with Crippen molar-refractivity contribution in [2.24, 2.45) is 7.05 Å². The van der Waals surface area contributed by atoms with Gasteiger partial charge < -0.3 is 14.6 Å². The molecule has 1 atom stereocenters. The topological polar surface area (TPSA) is 69.0 Å². The Labute approximate surface area is 124 Å². The molecule has 0 aromatic carbocycles. The molecule has 0 aliphatic rings. The van der Waals surface area contributed by atoms with E-state index in [9.17, 15) is 4.79 Å². The molecule has 1 aromatic heterocycles. The molecular formula is C13H24N4O2S. The van der Waals surface area contributed by atoms with Gasteiger partial charge in [0.1, 0.15) is 11.9 Å². The lowest BCUT2D eigenvalue weighted by molar-refractivity contribution is -0.145. The van der Waals surface area contributed by atoms with Gasteiger partial charge in [0.05, 0.1) is 6.61 Å². The van der Waals surface area contributed by atoms with Crippen LogP contribution in [0, 0.1) is 6.92 Å². The van der Waals surface area contributed by atoms with Crippen LogP contribution in [0.5, 0.6) is 0 Å². The molecule has 0 spiro atoms. The third-order valence-electron chi connectivity index (χ3n) is 2.80. The van der Waals surface area contributed by atoms with Crippen LogP contribution in [0.25, 0.3) is 0 Å². The fraction of sp³-hybridized carbons (Fsp3) is 0.769. The first-order valence-electron chi connectivity index (χ1n) is 6.87. The molecule has 1 aromatic rings. The molecule has 0 saturated carbocycles. The summed E-state index contributed by atoms with van der Waals surface area (Å²) in [6, 6.07) is -0.0248. The van der Waals surface area contributed by atoms with Crippen molar-refractivity contribution in [3.05, 3.63) is 5.82 Å². The Balaban J connectivity index is 2.49. The number of hydrogen-bond acceptors (Lipinski definition) is 6. The highest BCUT2D eigenvalue weighted by atomic mass is 32.2. The first-order chi connectivity index (χ1) is 9.45. The van der Waals surface area contributed by atoms with Crippen LogP contribution < -0.4 is 5.32 Å². The standard InChI is InChI=1S/C13H24N4O2S/c1-6-19-12(18)11(14-9(2)3)7-8-20-13-16-15-10(4)17(13)5/h9,11,14H,6-8H2,1-5H3. The minimum atomic E-state index is -0.267. The highest BCUT2D eigenvalue weighted by Crippen LogP contribution is 2.17. The van der Waals surface area contributed by atoms with Crippen molar-refractivity contribution in [1.29, 1.82) is 0 Å². The van der Waals surface area contributed by atoms with Gasteiger partial charge in [-0.25, -0.2) is 0 Å². The molecule has 6 nitrogen and oxygen atoms in total. The molecule has 1 N–H and O–H groups in total. The molecule has 20 heavy (non-hydrogen) atoms. The van der Waals surface area contributed by atoms with E-state index in [1.165, 1.54) is 0 Å². The minimum Gasteiger partial charge on any atom is -0.465 e. The summed E-state index contributed by atoms with van der Waals surface area (Å²) in [5, 5.41) is 12.2. The number of nitrogens with one attached hydrogen (secondary N) is 1. The number of ether oxygens (including phenoxy) is 1. The maximum Gasteiger partial charge on any atom is 0.323 e. The quantitative estimate of drug-likeness (QED) is 0.580. The van der Waals surface area contributed by atoms with Crippen molar-refractivity contribution in [3.63, 3.8) is 0 Å². The van der Waals surface area contributed by atoms with E-state index < -0.39 is 0 Å². The Kier molecular flexibility index (Phi) is 7.01. The monoisotopic (exact) mass is 300 g/mol. The maximum absolute atomic E-state index is 11.9. The van der Waals surface area contributed by atoms with Crippen molar-refractivity contribution >= 4 is 17.7 Å². The van der Waals surface area contributed by atoms with E-state index in [0.29, 0.717) is 13.0 Å². The van der Waals surface area contributed by atoms with E-state index >= 15 is 0 Å². The van der Waals surface area contributed by atoms with Gasteiger partial charge in [-0.1, -0.05) is 25.6 Å². The van der Waals surface area contributed by atoms with Gasteiger partial charge in [0, 0.05) is 18.8 Å². The van der Waals surface area contributed by atoms with Crippen molar-refractivity contribution in [1.82, 2.24) is 20.1 Å². The van der Waals surface area contributed by atoms with Gasteiger partial charge >= 0.3 is 5.97 Å². The third-order valence-corrected chi connectivity index (χ3v) is 3.85. The van der Waals surface area contributed by atoms with Crippen LogP contribution in [-0.2, 0) is 16.6 Å². The average Bonchev–Trinajstić information content (AvgIpc) is 2.69. The molecule has 0 radical (unpaired) electrons. The van der Waals surface area contributed by atoms with Gasteiger partial charge in [-0.15, -0.1) is 10.2 Å². The van der Waals surface area contributed by atoms with Gasteiger partial charge in [0.15, 0.2) is 5.16 Å². The smallest absolute Gasteiger partial charge is 0.323 e. The van der Waals surface area contributed by atoms with Crippen molar-refractivity contribution in [3.8, 4) is 0 Å². The highest BCUT2D eigenvalue weighted by molar-refractivity contribution is 7.99. The summed E-state index contributed by atoms with van der Waals surface area (Å²) in [6.45, 7) is 8.18. The number of nitrogens with zero attached hydrogens (tertiary/aromatic N) is 3. The molecule has 0 aliphatic heterocycles. The van der Waals surface area contributed by atoms with E-state index in [-0.39, 0.29) is 18.1 Å². The lowest BCUT2D eigenvalue weighted by atomic mass is 10.2. The highest BCUT2D eigenvalue weighted by Gasteiger charge is 2.20. The first-order valence-corrected chi connectivity index (χ1v) is 7.85. The molecule has 0 fully saturated rings. The molecular weight excluding hydrogens is 276 g/mol. The molecule has 7 heteroatoms. The number of carbonyl (C=O) groups excluding carboxylic acids is 1. The fourth-order valence-electron chi connectivity index (χ4n) is 1.70. The van der Waals surface area contributed by atoms with Crippen LogP contribution in [0.1, 0.15) is 33.0 Å². The number of rotatable bonds is 8. The molecule has 1 rings (SSSR count). The summed E-state index contributed by atoms with van der Waals surface area (Å²) < 4.78 is 7.04. The molecule has 0 bridgehead atoms. The van der Waals surface area contributed by atoms with Crippen LogP contribution in [0.15, 0.2) is 5.16 Å². The zero-order valence-electron chi connectivity index (χ0n) is 12.8. The summed E-state index contributed by atoms with van der Waals surface area (Å²) in [4.78, 5) is 11.9. The molecule has 1 heterocycles. The number of thioether (sulfide) groups is 1. The summed E-state index contributed by atoms with van der Waals surface area (Å²) in [6.07, 6.45) is 0.702. The molecule has 0 amide bonds. The van der Waals surface area contributed by atoms with Crippen molar-refractivity contribution in [2.75, 3.05) is 12.4 Å². The van der Waals surface area contributed by atoms with Gasteiger partial charge in [0.2, 0.25) is 0 Å². The normalized spacial score (nSPS) is 12.7. The van der Waals surface area contributed by atoms with Gasteiger partial charge in [-0.3, -0.25) is 4.79 Å².